The van der Waals surface area contributed by atoms with E-state index >= 15 is 0 Å². The number of esters is 3. The summed E-state index contributed by atoms with van der Waals surface area (Å²) in [5.74, 6) is -2.79. The number of carbonyl (C=O) groups excluding carboxylic acids is 4. The minimum Gasteiger partial charge on any atom is -0.459 e. The molecule has 0 radical (unpaired) electrons. The summed E-state index contributed by atoms with van der Waals surface area (Å²) < 4.78 is 22.5. The third kappa shape index (κ3) is 7.07. The van der Waals surface area contributed by atoms with Crippen LogP contribution < -0.4 is 5.32 Å². The molecule has 1 fully saturated rings. The Morgan fingerprint density at radius 2 is 1.15 bits per heavy atom. The monoisotopic (exact) mass is 533 g/mol. The van der Waals surface area contributed by atoms with Crippen LogP contribution in [0, 0.1) is 0 Å². The number of hydrogen-bond acceptors (Lipinski definition) is 9. The molecule has 1 heterocycles. The first-order valence-corrected chi connectivity index (χ1v) is 12.2. The van der Waals surface area contributed by atoms with E-state index in [1.165, 1.54) is 31.2 Å². The molecule has 2 N–H and O–H groups in total. The zero-order valence-corrected chi connectivity index (χ0v) is 21.0. The molecule has 10 heteroatoms. The van der Waals surface area contributed by atoms with Gasteiger partial charge in [0.2, 0.25) is 5.91 Å². The fourth-order valence-electron chi connectivity index (χ4n) is 4.07. The maximum absolute atomic E-state index is 13.1. The summed E-state index contributed by atoms with van der Waals surface area (Å²) in [7, 11) is 0. The topological polar surface area (TPSA) is 137 Å². The van der Waals surface area contributed by atoms with Gasteiger partial charge in [0.05, 0.1) is 16.7 Å². The largest absolute Gasteiger partial charge is 0.459 e. The lowest BCUT2D eigenvalue weighted by atomic mass is 9.96. The number of aliphatic hydroxyl groups excluding tert-OH is 1. The van der Waals surface area contributed by atoms with Gasteiger partial charge in [-0.05, 0) is 36.4 Å². The van der Waals surface area contributed by atoms with Gasteiger partial charge in [-0.3, -0.25) is 4.79 Å². The summed E-state index contributed by atoms with van der Waals surface area (Å²) in [5, 5.41) is 13.3. The van der Waals surface area contributed by atoms with Crippen molar-refractivity contribution in [1.29, 1.82) is 0 Å². The summed E-state index contributed by atoms with van der Waals surface area (Å²) in [5.41, 5.74) is 0.669. The zero-order chi connectivity index (χ0) is 27.8. The maximum Gasteiger partial charge on any atom is 0.338 e. The van der Waals surface area contributed by atoms with Gasteiger partial charge in [-0.15, -0.1) is 0 Å². The summed E-state index contributed by atoms with van der Waals surface area (Å²) in [6.45, 7) is 0.755. The van der Waals surface area contributed by atoms with Crippen LogP contribution in [0.5, 0.6) is 0 Å². The van der Waals surface area contributed by atoms with Crippen molar-refractivity contribution in [2.24, 2.45) is 0 Å². The second kappa shape index (κ2) is 12.8. The first-order chi connectivity index (χ1) is 18.8. The summed E-state index contributed by atoms with van der Waals surface area (Å²) in [6, 6.07) is 23.0. The van der Waals surface area contributed by atoms with Crippen molar-refractivity contribution in [3.63, 3.8) is 0 Å². The van der Waals surface area contributed by atoms with Gasteiger partial charge in [0.1, 0.15) is 18.8 Å². The molecular weight excluding hydrogens is 506 g/mol. The molecule has 5 atom stereocenters. The van der Waals surface area contributed by atoms with E-state index in [9.17, 15) is 24.3 Å². The average Bonchev–Trinajstić information content (AvgIpc) is 2.96. The molecule has 0 aliphatic carbocycles. The Morgan fingerprint density at radius 1 is 0.718 bits per heavy atom. The molecule has 0 bridgehead atoms. The van der Waals surface area contributed by atoms with Gasteiger partial charge in [0, 0.05) is 6.92 Å². The predicted molar refractivity (Wildman–Crippen MR) is 136 cm³/mol. The van der Waals surface area contributed by atoms with Crippen LogP contribution in [0.3, 0.4) is 0 Å². The average molecular weight is 534 g/mol. The summed E-state index contributed by atoms with van der Waals surface area (Å²) in [6.07, 6.45) is -5.72. The van der Waals surface area contributed by atoms with Crippen molar-refractivity contribution < 1.29 is 43.2 Å². The standard InChI is InChI=1S/C29H27NO9/c1-18(31)30-23-25(39-28(34)21-15-9-4-10-16-21)24(38-27(33)20-13-7-3-8-14-20)22(37-29(23)35)17-36-26(32)19-11-5-2-6-12-19/h2-16,22-25,29,35H,17H2,1H3,(H,30,31). The number of nitrogens with one attached hydrogen (secondary N) is 1. The molecule has 202 valence electrons. The molecule has 1 aliphatic heterocycles. The van der Waals surface area contributed by atoms with Crippen molar-refractivity contribution in [3.05, 3.63) is 108 Å². The van der Waals surface area contributed by atoms with Crippen LogP contribution in [0.15, 0.2) is 91.0 Å². The fraction of sp³-hybridized carbons (Fsp3) is 0.241. The van der Waals surface area contributed by atoms with Gasteiger partial charge < -0.3 is 29.4 Å². The van der Waals surface area contributed by atoms with Gasteiger partial charge in [-0.25, -0.2) is 14.4 Å². The van der Waals surface area contributed by atoms with Crippen LogP contribution in [0.4, 0.5) is 0 Å². The Bertz CT molecular complexity index is 1280. The van der Waals surface area contributed by atoms with Gasteiger partial charge in [0.25, 0.3) is 0 Å². The van der Waals surface area contributed by atoms with Gasteiger partial charge in [-0.1, -0.05) is 54.6 Å². The van der Waals surface area contributed by atoms with E-state index in [0.717, 1.165) is 0 Å². The van der Waals surface area contributed by atoms with Crippen molar-refractivity contribution in [3.8, 4) is 0 Å². The van der Waals surface area contributed by atoms with Crippen molar-refractivity contribution in [2.75, 3.05) is 6.61 Å². The fourth-order valence-corrected chi connectivity index (χ4v) is 4.07. The lowest BCUT2D eigenvalue weighted by Gasteiger charge is -2.43. The Labute approximate surface area is 224 Å². The highest BCUT2D eigenvalue weighted by Crippen LogP contribution is 2.28. The molecule has 10 nitrogen and oxygen atoms in total. The quantitative estimate of drug-likeness (QED) is 0.330. The minimum absolute atomic E-state index is 0.195. The van der Waals surface area contributed by atoms with E-state index in [0.29, 0.717) is 0 Å². The highest BCUT2D eigenvalue weighted by Gasteiger charge is 2.51. The molecule has 3 aromatic carbocycles. The lowest BCUT2D eigenvalue weighted by molar-refractivity contribution is -0.253. The molecule has 0 saturated carbocycles. The number of carbonyl (C=O) groups is 4. The Balaban J connectivity index is 1.64. The number of benzene rings is 3. The molecule has 4 rings (SSSR count). The van der Waals surface area contributed by atoms with Crippen molar-refractivity contribution in [2.45, 2.75) is 37.6 Å². The van der Waals surface area contributed by atoms with Crippen LogP contribution in [-0.4, -0.2) is 66.2 Å². The van der Waals surface area contributed by atoms with Crippen LogP contribution in [-0.2, 0) is 23.7 Å². The molecule has 1 amide bonds. The van der Waals surface area contributed by atoms with Crippen LogP contribution in [0.2, 0.25) is 0 Å². The van der Waals surface area contributed by atoms with E-state index in [1.807, 2.05) is 0 Å². The summed E-state index contributed by atoms with van der Waals surface area (Å²) >= 11 is 0. The highest BCUT2D eigenvalue weighted by atomic mass is 16.7. The van der Waals surface area contributed by atoms with Gasteiger partial charge in [-0.2, -0.15) is 0 Å². The second-order valence-corrected chi connectivity index (χ2v) is 8.73. The van der Waals surface area contributed by atoms with Gasteiger partial charge in [0.15, 0.2) is 18.5 Å². The minimum atomic E-state index is -1.69. The normalized spacial score (nSPS) is 22.3. The third-order valence-corrected chi connectivity index (χ3v) is 5.93. The Hall–Kier alpha value is -4.54. The molecular formula is C29H27NO9. The van der Waals surface area contributed by atoms with E-state index in [1.54, 1.807) is 66.7 Å². The molecule has 0 aromatic heterocycles. The predicted octanol–water partition coefficient (Wildman–Crippen LogP) is 2.52. The van der Waals surface area contributed by atoms with E-state index in [-0.39, 0.29) is 16.7 Å². The molecule has 1 aliphatic rings. The molecule has 0 spiro atoms. The van der Waals surface area contributed by atoms with E-state index in [4.69, 9.17) is 18.9 Å². The van der Waals surface area contributed by atoms with E-state index < -0.39 is 61.1 Å². The highest BCUT2D eigenvalue weighted by molar-refractivity contribution is 5.91. The smallest absolute Gasteiger partial charge is 0.338 e. The maximum atomic E-state index is 13.1. The number of amides is 1. The first-order valence-electron chi connectivity index (χ1n) is 12.2. The number of rotatable bonds is 8. The van der Waals surface area contributed by atoms with Crippen molar-refractivity contribution in [1.82, 2.24) is 5.32 Å². The van der Waals surface area contributed by atoms with E-state index in [2.05, 4.69) is 5.32 Å². The SMILES string of the molecule is CC(=O)NC1C(O)OC(COC(=O)c2ccccc2)C(OC(=O)c2ccccc2)C1OC(=O)c1ccccc1. The molecule has 39 heavy (non-hydrogen) atoms. The number of ether oxygens (including phenoxy) is 4. The lowest BCUT2D eigenvalue weighted by Crippen LogP contribution is -2.66. The van der Waals surface area contributed by atoms with Gasteiger partial charge >= 0.3 is 17.9 Å². The van der Waals surface area contributed by atoms with Crippen LogP contribution >= 0.6 is 0 Å². The molecule has 5 unspecified atom stereocenters. The molecule has 1 saturated heterocycles. The second-order valence-electron chi connectivity index (χ2n) is 8.73. The zero-order valence-electron chi connectivity index (χ0n) is 21.0. The number of aliphatic hydroxyl groups is 1. The third-order valence-electron chi connectivity index (χ3n) is 5.93. The summed E-state index contributed by atoms with van der Waals surface area (Å²) in [4.78, 5) is 50.6. The Kier molecular flexibility index (Phi) is 9.03. The Morgan fingerprint density at radius 3 is 1.62 bits per heavy atom. The number of hydrogen-bond donors (Lipinski definition) is 2. The van der Waals surface area contributed by atoms with Crippen molar-refractivity contribution >= 4 is 23.8 Å². The van der Waals surface area contributed by atoms with Crippen LogP contribution in [0.1, 0.15) is 38.0 Å². The molecule has 3 aromatic rings. The first kappa shape index (κ1) is 27.5. The van der Waals surface area contributed by atoms with Crippen LogP contribution in [0.25, 0.3) is 0 Å².